The van der Waals surface area contributed by atoms with Crippen molar-refractivity contribution in [3.63, 3.8) is 0 Å². The van der Waals surface area contributed by atoms with Crippen LogP contribution in [0.25, 0.3) is 0 Å². The predicted octanol–water partition coefficient (Wildman–Crippen LogP) is 1.49. The summed E-state index contributed by atoms with van der Waals surface area (Å²) in [6, 6.07) is 9.33. The van der Waals surface area contributed by atoms with E-state index in [1.54, 1.807) is 6.20 Å². The van der Waals surface area contributed by atoms with Gasteiger partial charge in [-0.25, -0.2) is 9.97 Å². The van der Waals surface area contributed by atoms with E-state index >= 15 is 0 Å². The highest BCUT2D eigenvalue weighted by molar-refractivity contribution is 5.74. The van der Waals surface area contributed by atoms with Crippen LogP contribution >= 0.6 is 0 Å². The number of aromatic nitrogens is 2. The van der Waals surface area contributed by atoms with Crippen molar-refractivity contribution in [1.29, 1.82) is 0 Å². The monoisotopic (exact) mass is 269 g/mol. The molecule has 0 saturated heterocycles. The highest BCUT2D eigenvalue weighted by atomic mass is 16.4. The molecule has 1 aromatic heterocycles. The molecule has 0 spiro atoms. The summed E-state index contributed by atoms with van der Waals surface area (Å²) < 4.78 is 0. The predicted molar refractivity (Wildman–Crippen MR) is 72.8 cm³/mol. The number of carboxylic acid groups (broad SMARTS) is 1. The van der Waals surface area contributed by atoms with Crippen LogP contribution in [0, 0.1) is 0 Å². The van der Waals surface area contributed by atoms with Gasteiger partial charge in [0.05, 0.1) is 5.69 Å². The van der Waals surface area contributed by atoms with Crippen molar-refractivity contribution in [2.45, 2.75) is 25.6 Å². The number of hydrogen-bond acceptors (Lipinski definition) is 4. The third-order valence-corrected chi connectivity index (χ3v) is 3.64. The van der Waals surface area contributed by atoms with Crippen LogP contribution in [0.2, 0.25) is 0 Å². The molecule has 0 saturated carbocycles. The number of benzene rings is 1. The van der Waals surface area contributed by atoms with Crippen molar-refractivity contribution in [3.8, 4) is 0 Å². The first kappa shape index (κ1) is 12.7. The number of hydrogen-bond donors (Lipinski definition) is 1. The Bertz CT molecular complexity index is 616. The van der Waals surface area contributed by atoms with Crippen molar-refractivity contribution in [2.24, 2.45) is 0 Å². The normalized spacial score (nSPS) is 18.5. The van der Waals surface area contributed by atoms with E-state index in [9.17, 15) is 9.90 Å². The van der Waals surface area contributed by atoms with Crippen LogP contribution < -0.4 is 0 Å². The van der Waals surface area contributed by atoms with Gasteiger partial charge in [-0.1, -0.05) is 24.3 Å². The standard InChI is InChI=1S/C15H15N3O2/c19-15(20)14-7-11-3-1-2-4-12(11)8-18(14)9-13-5-6-16-10-17-13/h1-6,10,14H,7-9H2,(H,19,20). The summed E-state index contributed by atoms with van der Waals surface area (Å²) in [5.74, 6) is -0.784. The Morgan fingerprint density at radius 1 is 1.30 bits per heavy atom. The van der Waals surface area contributed by atoms with Crippen LogP contribution in [0.4, 0.5) is 0 Å². The Morgan fingerprint density at radius 3 is 2.80 bits per heavy atom. The van der Waals surface area contributed by atoms with Gasteiger partial charge in [-0.05, 0) is 23.6 Å². The lowest BCUT2D eigenvalue weighted by molar-refractivity contribution is -0.144. The molecule has 20 heavy (non-hydrogen) atoms. The minimum atomic E-state index is -0.784. The molecule has 1 aromatic carbocycles. The van der Waals surface area contributed by atoms with Crippen molar-refractivity contribution in [2.75, 3.05) is 0 Å². The summed E-state index contributed by atoms with van der Waals surface area (Å²) >= 11 is 0. The van der Waals surface area contributed by atoms with E-state index in [2.05, 4.69) is 16.0 Å². The maximum absolute atomic E-state index is 11.5. The molecule has 0 fully saturated rings. The minimum absolute atomic E-state index is 0.500. The Balaban J connectivity index is 1.87. The zero-order valence-corrected chi connectivity index (χ0v) is 10.9. The molecular weight excluding hydrogens is 254 g/mol. The molecule has 2 heterocycles. The van der Waals surface area contributed by atoms with E-state index < -0.39 is 12.0 Å². The molecule has 0 bridgehead atoms. The van der Waals surface area contributed by atoms with Gasteiger partial charge in [0, 0.05) is 19.3 Å². The SMILES string of the molecule is O=C(O)C1Cc2ccccc2CN1Cc1ccncn1. The molecule has 5 heteroatoms. The fourth-order valence-corrected chi connectivity index (χ4v) is 2.61. The average molecular weight is 269 g/mol. The van der Waals surface area contributed by atoms with Crippen molar-refractivity contribution >= 4 is 5.97 Å². The van der Waals surface area contributed by atoms with Crippen molar-refractivity contribution in [1.82, 2.24) is 14.9 Å². The number of carbonyl (C=O) groups is 1. The van der Waals surface area contributed by atoms with E-state index in [4.69, 9.17) is 0 Å². The molecule has 1 N–H and O–H groups in total. The molecule has 0 aliphatic carbocycles. The zero-order valence-electron chi connectivity index (χ0n) is 10.9. The number of fused-ring (bicyclic) bond motifs is 1. The fraction of sp³-hybridized carbons (Fsp3) is 0.267. The summed E-state index contributed by atoms with van der Waals surface area (Å²) in [5, 5.41) is 9.44. The van der Waals surface area contributed by atoms with Gasteiger partial charge in [0.15, 0.2) is 0 Å². The zero-order chi connectivity index (χ0) is 13.9. The van der Waals surface area contributed by atoms with Gasteiger partial charge >= 0.3 is 5.97 Å². The van der Waals surface area contributed by atoms with Gasteiger partial charge < -0.3 is 5.11 Å². The average Bonchev–Trinajstić information content (AvgIpc) is 2.47. The molecular formula is C15H15N3O2. The second kappa shape index (κ2) is 5.38. The molecule has 0 radical (unpaired) electrons. The Kier molecular flexibility index (Phi) is 3.43. The number of nitrogens with zero attached hydrogens (tertiary/aromatic N) is 3. The van der Waals surface area contributed by atoms with Gasteiger partial charge in [-0.3, -0.25) is 9.69 Å². The summed E-state index contributed by atoms with van der Waals surface area (Å²) in [4.78, 5) is 21.5. The van der Waals surface area contributed by atoms with Gasteiger partial charge in [0.1, 0.15) is 12.4 Å². The third-order valence-electron chi connectivity index (χ3n) is 3.64. The van der Waals surface area contributed by atoms with Gasteiger partial charge in [0.25, 0.3) is 0 Å². The molecule has 0 amide bonds. The lowest BCUT2D eigenvalue weighted by Gasteiger charge is -2.34. The molecule has 5 nitrogen and oxygen atoms in total. The molecule has 1 aliphatic heterocycles. The summed E-state index contributed by atoms with van der Waals surface area (Å²) in [6.07, 6.45) is 3.70. The number of rotatable bonds is 3. The largest absolute Gasteiger partial charge is 0.480 e. The Labute approximate surface area is 116 Å². The Hall–Kier alpha value is -2.27. The first-order valence-electron chi connectivity index (χ1n) is 6.52. The highest BCUT2D eigenvalue weighted by Gasteiger charge is 2.31. The van der Waals surface area contributed by atoms with Crippen molar-refractivity contribution in [3.05, 3.63) is 59.7 Å². The van der Waals surface area contributed by atoms with E-state index in [-0.39, 0.29) is 0 Å². The number of carboxylic acids is 1. The molecule has 102 valence electrons. The second-order valence-electron chi connectivity index (χ2n) is 4.93. The van der Waals surface area contributed by atoms with Crippen LogP contribution in [0.15, 0.2) is 42.9 Å². The van der Waals surface area contributed by atoms with Crippen LogP contribution in [-0.4, -0.2) is 32.0 Å². The minimum Gasteiger partial charge on any atom is -0.480 e. The van der Waals surface area contributed by atoms with Crippen molar-refractivity contribution < 1.29 is 9.90 Å². The second-order valence-corrected chi connectivity index (χ2v) is 4.93. The maximum atomic E-state index is 11.5. The Morgan fingerprint density at radius 2 is 2.10 bits per heavy atom. The quantitative estimate of drug-likeness (QED) is 0.914. The van der Waals surface area contributed by atoms with E-state index in [1.165, 1.54) is 11.9 Å². The topological polar surface area (TPSA) is 66.3 Å². The summed E-state index contributed by atoms with van der Waals surface area (Å²) in [5.41, 5.74) is 3.16. The highest BCUT2D eigenvalue weighted by Crippen LogP contribution is 2.24. The first-order valence-corrected chi connectivity index (χ1v) is 6.52. The van der Waals surface area contributed by atoms with Crippen LogP contribution in [-0.2, 0) is 24.3 Å². The fourth-order valence-electron chi connectivity index (χ4n) is 2.61. The lowest BCUT2D eigenvalue weighted by atomic mass is 9.94. The lowest BCUT2D eigenvalue weighted by Crippen LogP contribution is -2.45. The molecule has 1 atom stereocenters. The molecule has 1 aliphatic rings. The van der Waals surface area contributed by atoms with Gasteiger partial charge in [-0.15, -0.1) is 0 Å². The maximum Gasteiger partial charge on any atom is 0.321 e. The van der Waals surface area contributed by atoms with Crippen LogP contribution in [0.3, 0.4) is 0 Å². The van der Waals surface area contributed by atoms with E-state index in [0.717, 1.165) is 11.3 Å². The summed E-state index contributed by atoms with van der Waals surface area (Å²) in [6.45, 7) is 1.16. The van der Waals surface area contributed by atoms with E-state index in [0.29, 0.717) is 19.5 Å². The molecule has 1 unspecified atom stereocenters. The summed E-state index contributed by atoms with van der Waals surface area (Å²) in [7, 11) is 0. The van der Waals surface area contributed by atoms with Gasteiger partial charge in [-0.2, -0.15) is 0 Å². The third kappa shape index (κ3) is 2.53. The smallest absolute Gasteiger partial charge is 0.321 e. The number of aliphatic carboxylic acids is 1. The van der Waals surface area contributed by atoms with Gasteiger partial charge in [0.2, 0.25) is 0 Å². The first-order chi connectivity index (χ1) is 9.74. The van der Waals surface area contributed by atoms with Crippen LogP contribution in [0.5, 0.6) is 0 Å². The van der Waals surface area contributed by atoms with Crippen LogP contribution in [0.1, 0.15) is 16.8 Å². The molecule has 2 aromatic rings. The molecule has 3 rings (SSSR count). The van der Waals surface area contributed by atoms with E-state index in [1.807, 2.05) is 29.2 Å².